The van der Waals surface area contributed by atoms with Gasteiger partial charge in [-0.1, -0.05) is 0 Å². The molecule has 3 rings (SSSR count). The van der Waals surface area contributed by atoms with Crippen LogP contribution in [0, 0.1) is 5.95 Å². The first kappa shape index (κ1) is 13.8. The summed E-state index contributed by atoms with van der Waals surface area (Å²) in [6, 6.07) is 5.89. The van der Waals surface area contributed by atoms with Crippen LogP contribution in [-0.2, 0) is 0 Å². The SMILES string of the molecule is O=C(Nc1cc2c(cc1Br)OCCO2)c1ccnc(F)c1. The Bertz CT molecular complexity index is 709. The number of nitrogens with one attached hydrogen (secondary N) is 1. The summed E-state index contributed by atoms with van der Waals surface area (Å²) in [5.74, 6) is 0.0271. The minimum atomic E-state index is -0.705. The summed E-state index contributed by atoms with van der Waals surface area (Å²) in [7, 11) is 0. The predicted octanol–water partition coefficient (Wildman–Crippen LogP) is 3.01. The molecule has 7 heteroatoms. The maximum atomic E-state index is 13.0. The molecule has 0 aliphatic carbocycles. The smallest absolute Gasteiger partial charge is 0.255 e. The van der Waals surface area contributed by atoms with Crippen molar-refractivity contribution < 1.29 is 18.7 Å². The van der Waals surface area contributed by atoms with Crippen LogP contribution in [0.3, 0.4) is 0 Å². The number of amides is 1. The number of fused-ring (bicyclic) bond motifs is 1. The molecule has 1 N–H and O–H groups in total. The highest BCUT2D eigenvalue weighted by molar-refractivity contribution is 9.10. The Labute approximate surface area is 128 Å². The number of carbonyl (C=O) groups is 1. The molecule has 0 unspecified atom stereocenters. The lowest BCUT2D eigenvalue weighted by Gasteiger charge is -2.20. The number of benzene rings is 1. The first-order valence-electron chi connectivity index (χ1n) is 6.15. The maximum absolute atomic E-state index is 13.0. The summed E-state index contributed by atoms with van der Waals surface area (Å²) in [5, 5.41) is 2.69. The van der Waals surface area contributed by atoms with E-state index < -0.39 is 11.9 Å². The van der Waals surface area contributed by atoms with Gasteiger partial charge in [-0.15, -0.1) is 0 Å². The van der Waals surface area contributed by atoms with Crippen molar-refractivity contribution in [2.45, 2.75) is 0 Å². The monoisotopic (exact) mass is 352 g/mol. The number of rotatable bonds is 2. The van der Waals surface area contributed by atoms with Gasteiger partial charge in [0.1, 0.15) is 13.2 Å². The Morgan fingerprint density at radius 2 is 1.95 bits per heavy atom. The van der Waals surface area contributed by atoms with Crippen molar-refractivity contribution in [3.8, 4) is 11.5 Å². The number of hydrogen-bond donors (Lipinski definition) is 1. The molecule has 0 bridgehead atoms. The highest BCUT2D eigenvalue weighted by Crippen LogP contribution is 2.38. The van der Waals surface area contributed by atoms with E-state index in [0.29, 0.717) is 34.9 Å². The average molecular weight is 353 g/mol. The fourth-order valence-electron chi connectivity index (χ4n) is 1.90. The van der Waals surface area contributed by atoms with Crippen molar-refractivity contribution >= 4 is 27.5 Å². The molecule has 1 aliphatic rings. The van der Waals surface area contributed by atoms with E-state index in [0.717, 1.165) is 6.07 Å². The Hall–Kier alpha value is -2.15. The second-order valence-electron chi connectivity index (χ2n) is 4.30. The van der Waals surface area contributed by atoms with Gasteiger partial charge in [0, 0.05) is 34.4 Å². The minimum Gasteiger partial charge on any atom is -0.486 e. The van der Waals surface area contributed by atoms with E-state index in [-0.39, 0.29) is 5.56 Å². The zero-order valence-corrected chi connectivity index (χ0v) is 12.3. The number of halogens is 2. The highest BCUT2D eigenvalue weighted by Gasteiger charge is 2.16. The molecule has 0 spiro atoms. The minimum absolute atomic E-state index is 0.185. The summed E-state index contributed by atoms with van der Waals surface area (Å²) in [4.78, 5) is 15.5. The lowest BCUT2D eigenvalue weighted by Crippen LogP contribution is -2.17. The standard InChI is InChI=1S/C14H10BrFN2O3/c15-9-6-11-12(21-4-3-20-11)7-10(9)18-14(19)8-1-2-17-13(16)5-8/h1-2,5-7H,3-4H2,(H,18,19). The Kier molecular flexibility index (Phi) is 3.74. The fourth-order valence-corrected chi connectivity index (χ4v) is 2.32. The normalized spacial score (nSPS) is 12.9. The van der Waals surface area contributed by atoms with Crippen LogP contribution in [-0.4, -0.2) is 24.1 Å². The molecule has 0 fully saturated rings. The fraction of sp³-hybridized carbons (Fsp3) is 0.143. The molecule has 0 saturated carbocycles. The van der Waals surface area contributed by atoms with Gasteiger partial charge in [0.15, 0.2) is 11.5 Å². The number of nitrogens with zero attached hydrogens (tertiary/aromatic N) is 1. The van der Waals surface area contributed by atoms with Crippen LogP contribution in [0.5, 0.6) is 11.5 Å². The molecule has 2 heterocycles. The third-order valence-corrected chi connectivity index (χ3v) is 3.52. The van der Waals surface area contributed by atoms with Gasteiger partial charge in [-0.3, -0.25) is 4.79 Å². The largest absolute Gasteiger partial charge is 0.486 e. The molecule has 5 nitrogen and oxygen atoms in total. The molecule has 108 valence electrons. The van der Waals surface area contributed by atoms with Crippen LogP contribution in [0.2, 0.25) is 0 Å². The molecule has 0 radical (unpaired) electrons. The van der Waals surface area contributed by atoms with E-state index in [9.17, 15) is 9.18 Å². The second kappa shape index (κ2) is 5.69. The van der Waals surface area contributed by atoms with Gasteiger partial charge in [-0.05, 0) is 22.0 Å². The molecule has 2 aromatic rings. The summed E-state index contributed by atoms with van der Waals surface area (Å²) in [6.45, 7) is 0.943. The summed E-state index contributed by atoms with van der Waals surface area (Å²) in [5.41, 5.74) is 0.700. The van der Waals surface area contributed by atoms with E-state index >= 15 is 0 Å². The molecule has 1 aromatic heterocycles. The number of ether oxygens (including phenoxy) is 2. The predicted molar refractivity (Wildman–Crippen MR) is 77.3 cm³/mol. The lowest BCUT2D eigenvalue weighted by atomic mass is 10.2. The van der Waals surface area contributed by atoms with E-state index in [1.807, 2.05) is 0 Å². The van der Waals surface area contributed by atoms with Crippen molar-refractivity contribution in [2.24, 2.45) is 0 Å². The average Bonchev–Trinajstić information content (AvgIpc) is 2.48. The Balaban J connectivity index is 1.86. The van der Waals surface area contributed by atoms with Gasteiger partial charge in [0.25, 0.3) is 5.91 Å². The van der Waals surface area contributed by atoms with Gasteiger partial charge in [0.2, 0.25) is 5.95 Å². The van der Waals surface area contributed by atoms with Crippen LogP contribution in [0.4, 0.5) is 10.1 Å². The van der Waals surface area contributed by atoms with E-state index in [4.69, 9.17) is 9.47 Å². The molecule has 0 atom stereocenters. The van der Waals surface area contributed by atoms with Crippen molar-refractivity contribution in [1.29, 1.82) is 0 Å². The third kappa shape index (κ3) is 2.97. The quantitative estimate of drug-likeness (QED) is 0.844. The molecule has 21 heavy (non-hydrogen) atoms. The zero-order chi connectivity index (χ0) is 14.8. The van der Waals surface area contributed by atoms with Crippen molar-refractivity contribution in [3.05, 3.63) is 46.4 Å². The van der Waals surface area contributed by atoms with Crippen LogP contribution >= 0.6 is 15.9 Å². The first-order valence-corrected chi connectivity index (χ1v) is 6.95. The number of pyridine rings is 1. The number of carbonyl (C=O) groups excluding carboxylic acids is 1. The number of hydrogen-bond acceptors (Lipinski definition) is 4. The summed E-state index contributed by atoms with van der Waals surface area (Å²) >= 11 is 3.35. The van der Waals surface area contributed by atoms with Crippen LogP contribution in [0.1, 0.15) is 10.4 Å². The Morgan fingerprint density at radius 1 is 1.24 bits per heavy atom. The van der Waals surface area contributed by atoms with Gasteiger partial charge < -0.3 is 14.8 Å². The summed E-state index contributed by atoms with van der Waals surface area (Å²) in [6.07, 6.45) is 1.24. The molecule has 1 aliphatic heterocycles. The first-order chi connectivity index (χ1) is 10.1. The van der Waals surface area contributed by atoms with Crippen molar-refractivity contribution in [3.63, 3.8) is 0 Å². The number of aromatic nitrogens is 1. The van der Waals surface area contributed by atoms with Crippen LogP contribution in [0.15, 0.2) is 34.9 Å². The highest BCUT2D eigenvalue weighted by atomic mass is 79.9. The molecular formula is C14H10BrFN2O3. The topological polar surface area (TPSA) is 60.5 Å². The van der Waals surface area contributed by atoms with Crippen molar-refractivity contribution in [2.75, 3.05) is 18.5 Å². The van der Waals surface area contributed by atoms with Crippen LogP contribution < -0.4 is 14.8 Å². The molecular weight excluding hydrogens is 343 g/mol. The van der Waals surface area contributed by atoms with Gasteiger partial charge in [-0.2, -0.15) is 4.39 Å². The summed E-state index contributed by atoms with van der Waals surface area (Å²) < 4.78 is 24.6. The molecule has 0 saturated heterocycles. The van der Waals surface area contributed by atoms with E-state index in [1.54, 1.807) is 12.1 Å². The van der Waals surface area contributed by atoms with E-state index in [1.165, 1.54) is 12.3 Å². The zero-order valence-electron chi connectivity index (χ0n) is 10.7. The molecule has 1 amide bonds. The second-order valence-corrected chi connectivity index (χ2v) is 5.15. The Morgan fingerprint density at radius 3 is 2.67 bits per heavy atom. The van der Waals surface area contributed by atoms with Crippen LogP contribution in [0.25, 0.3) is 0 Å². The molecule has 1 aromatic carbocycles. The number of anilines is 1. The van der Waals surface area contributed by atoms with Gasteiger partial charge >= 0.3 is 0 Å². The maximum Gasteiger partial charge on any atom is 0.255 e. The van der Waals surface area contributed by atoms with Crippen molar-refractivity contribution in [1.82, 2.24) is 4.98 Å². The van der Waals surface area contributed by atoms with Gasteiger partial charge in [-0.25, -0.2) is 4.98 Å². The van der Waals surface area contributed by atoms with E-state index in [2.05, 4.69) is 26.2 Å². The third-order valence-electron chi connectivity index (χ3n) is 2.87. The van der Waals surface area contributed by atoms with Gasteiger partial charge in [0.05, 0.1) is 5.69 Å². The lowest BCUT2D eigenvalue weighted by molar-refractivity contribution is 0.102.